The second-order valence-corrected chi connectivity index (χ2v) is 10.3. The Morgan fingerprint density at radius 2 is 1.92 bits per heavy atom. The van der Waals surface area contributed by atoms with Crippen molar-refractivity contribution in [1.29, 1.82) is 0 Å². The molecule has 4 fully saturated rings. The molecule has 0 aromatic heterocycles. The van der Waals surface area contributed by atoms with Gasteiger partial charge in [-0.1, -0.05) is 32.4 Å². The van der Waals surface area contributed by atoms with Crippen LogP contribution in [0.3, 0.4) is 0 Å². The predicted molar refractivity (Wildman–Crippen MR) is 106 cm³/mol. The average molecular weight is 359 g/mol. The summed E-state index contributed by atoms with van der Waals surface area (Å²) in [6.45, 7) is 9.05. The molecule has 4 aliphatic rings. The first kappa shape index (κ1) is 18.6. The van der Waals surface area contributed by atoms with Crippen LogP contribution >= 0.6 is 0 Å². The molecule has 2 heteroatoms. The van der Waals surface area contributed by atoms with Gasteiger partial charge >= 0.3 is 5.97 Å². The Morgan fingerprint density at radius 3 is 2.65 bits per heavy atom. The van der Waals surface area contributed by atoms with Crippen LogP contribution in [0.15, 0.2) is 11.6 Å². The van der Waals surface area contributed by atoms with E-state index >= 15 is 0 Å². The Kier molecular flexibility index (Phi) is 4.77. The third kappa shape index (κ3) is 2.78. The van der Waals surface area contributed by atoms with E-state index in [1.807, 2.05) is 0 Å². The highest BCUT2D eigenvalue weighted by atomic mass is 16.5. The van der Waals surface area contributed by atoms with Gasteiger partial charge in [0, 0.05) is 6.92 Å². The van der Waals surface area contributed by atoms with E-state index in [1.54, 1.807) is 12.5 Å². The highest BCUT2D eigenvalue weighted by Gasteiger charge is 2.59. The van der Waals surface area contributed by atoms with Gasteiger partial charge in [0.05, 0.1) is 0 Å². The maximum absolute atomic E-state index is 11.4. The van der Waals surface area contributed by atoms with Crippen LogP contribution < -0.4 is 0 Å². The molecule has 0 unspecified atom stereocenters. The quantitative estimate of drug-likeness (QED) is 0.428. The molecule has 4 aliphatic carbocycles. The van der Waals surface area contributed by atoms with Crippen molar-refractivity contribution in [1.82, 2.24) is 0 Å². The first-order chi connectivity index (χ1) is 12.4. The van der Waals surface area contributed by atoms with E-state index in [1.165, 1.54) is 51.4 Å². The van der Waals surface area contributed by atoms with Crippen LogP contribution in [0.25, 0.3) is 0 Å². The fourth-order valence-electron chi connectivity index (χ4n) is 7.99. The smallest absolute Gasteiger partial charge is 0.302 e. The van der Waals surface area contributed by atoms with Crippen LogP contribution in [0, 0.1) is 34.5 Å². The van der Waals surface area contributed by atoms with Gasteiger partial charge in [-0.3, -0.25) is 4.79 Å². The van der Waals surface area contributed by atoms with Gasteiger partial charge in [-0.05, 0) is 98.7 Å². The maximum atomic E-state index is 11.4. The molecule has 0 saturated heterocycles. The Morgan fingerprint density at radius 1 is 1.12 bits per heavy atom. The normalized spacial score (nSPS) is 49.2. The molecule has 4 saturated carbocycles. The number of hydrogen-bond donors (Lipinski definition) is 0. The minimum atomic E-state index is -0.0954. The van der Waals surface area contributed by atoms with E-state index in [2.05, 4.69) is 26.8 Å². The van der Waals surface area contributed by atoms with Gasteiger partial charge in [-0.2, -0.15) is 0 Å². The zero-order valence-corrected chi connectivity index (χ0v) is 17.4. The molecule has 0 heterocycles. The summed E-state index contributed by atoms with van der Waals surface area (Å²) in [5, 5.41) is 0. The number of carbonyl (C=O) groups excluding carboxylic acids is 1. The molecule has 0 amide bonds. The molecule has 0 N–H and O–H groups in total. The highest BCUT2D eigenvalue weighted by molar-refractivity contribution is 5.66. The van der Waals surface area contributed by atoms with Gasteiger partial charge in [0.25, 0.3) is 0 Å². The maximum Gasteiger partial charge on any atom is 0.302 e. The molecule has 0 radical (unpaired) electrons. The Labute approximate surface area is 160 Å². The Hall–Kier alpha value is -0.790. The minimum absolute atomic E-state index is 0.0954. The van der Waals surface area contributed by atoms with E-state index in [0.29, 0.717) is 10.8 Å². The van der Waals surface area contributed by atoms with Crippen LogP contribution in [-0.2, 0) is 9.53 Å². The lowest BCUT2D eigenvalue weighted by Crippen LogP contribution is -2.53. The molecule has 26 heavy (non-hydrogen) atoms. The Balaban J connectivity index is 1.54. The van der Waals surface area contributed by atoms with Gasteiger partial charge in [-0.25, -0.2) is 0 Å². The number of ether oxygens (including phenoxy) is 1. The van der Waals surface area contributed by atoms with Crippen molar-refractivity contribution >= 4 is 5.97 Å². The molecule has 0 spiro atoms. The second kappa shape index (κ2) is 6.67. The molecule has 0 aromatic carbocycles. The molecule has 0 aromatic rings. The zero-order valence-electron chi connectivity index (χ0n) is 17.4. The van der Waals surface area contributed by atoms with Gasteiger partial charge in [-0.15, -0.1) is 0 Å². The molecule has 146 valence electrons. The number of rotatable bonds is 2. The van der Waals surface area contributed by atoms with E-state index in [0.717, 1.165) is 36.5 Å². The van der Waals surface area contributed by atoms with Gasteiger partial charge in [0.15, 0.2) is 0 Å². The van der Waals surface area contributed by atoms with Crippen LogP contribution in [0.2, 0.25) is 0 Å². The first-order valence-electron chi connectivity index (χ1n) is 11.2. The fraction of sp³-hybridized carbons (Fsp3) is 0.875. The third-order valence-electron chi connectivity index (χ3n) is 9.25. The van der Waals surface area contributed by atoms with Gasteiger partial charge in [0.2, 0.25) is 0 Å². The van der Waals surface area contributed by atoms with Crippen molar-refractivity contribution in [3.05, 3.63) is 11.6 Å². The zero-order chi connectivity index (χ0) is 18.5. The third-order valence-corrected chi connectivity index (χ3v) is 9.25. The van der Waals surface area contributed by atoms with E-state index in [4.69, 9.17) is 4.74 Å². The number of hydrogen-bond acceptors (Lipinski definition) is 2. The van der Waals surface area contributed by atoms with Gasteiger partial charge < -0.3 is 4.74 Å². The monoisotopic (exact) mass is 358 g/mol. The first-order valence-corrected chi connectivity index (χ1v) is 11.2. The van der Waals surface area contributed by atoms with E-state index in [9.17, 15) is 4.79 Å². The largest absolute Gasteiger partial charge is 0.463 e. The van der Waals surface area contributed by atoms with E-state index < -0.39 is 0 Å². The summed E-state index contributed by atoms with van der Waals surface area (Å²) in [5.41, 5.74) is 2.77. The number of esters is 1. The Bertz CT molecular complexity index is 593. The van der Waals surface area contributed by atoms with Crippen molar-refractivity contribution in [2.24, 2.45) is 34.5 Å². The average Bonchev–Trinajstić information content (AvgIpc) is 2.92. The molecule has 0 aliphatic heterocycles. The predicted octanol–water partition coefficient (Wildman–Crippen LogP) is 6.30. The highest BCUT2D eigenvalue weighted by Crippen LogP contribution is 2.67. The number of allylic oxidation sites excluding steroid dienone is 2. The summed E-state index contributed by atoms with van der Waals surface area (Å²) in [6, 6.07) is 0. The lowest BCUT2D eigenvalue weighted by molar-refractivity contribution is -0.158. The van der Waals surface area contributed by atoms with Crippen LogP contribution in [-0.4, -0.2) is 12.1 Å². The van der Waals surface area contributed by atoms with Gasteiger partial charge in [0.1, 0.15) is 6.10 Å². The fourth-order valence-corrected chi connectivity index (χ4v) is 7.99. The van der Waals surface area contributed by atoms with Crippen molar-refractivity contribution in [2.75, 3.05) is 0 Å². The van der Waals surface area contributed by atoms with E-state index in [-0.39, 0.29) is 12.1 Å². The summed E-state index contributed by atoms with van der Waals surface area (Å²) < 4.78 is 5.60. The topological polar surface area (TPSA) is 26.3 Å². The van der Waals surface area contributed by atoms with Crippen molar-refractivity contribution in [3.8, 4) is 0 Å². The summed E-state index contributed by atoms with van der Waals surface area (Å²) in [7, 11) is 0. The van der Waals surface area contributed by atoms with Crippen LogP contribution in [0.4, 0.5) is 0 Å². The summed E-state index contributed by atoms with van der Waals surface area (Å²) in [5.74, 6) is 3.42. The summed E-state index contributed by atoms with van der Waals surface area (Å²) in [4.78, 5) is 11.4. The standard InChI is InChI=1S/C24H38O2/c1-5-6-17-8-10-21-20-9-7-18-15-19(26-16(2)25)11-13-24(18,4)22(20)12-14-23(17,21)3/h6,18-22H,5,7-15H2,1-4H3/b17-6+/t18-,19-,20+,21+,22+,23+,24-/m0/s1. The lowest BCUT2D eigenvalue weighted by atomic mass is 9.45. The summed E-state index contributed by atoms with van der Waals surface area (Å²) >= 11 is 0. The molecule has 0 bridgehead atoms. The second-order valence-electron chi connectivity index (χ2n) is 10.3. The number of carbonyl (C=O) groups is 1. The SMILES string of the molecule is CC/C=C1\CC[C@@H]2[C@H]3CC[C@H]4C[C@@H](OC(C)=O)CC[C@]4(C)[C@@H]3CC[C@]12C. The number of fused-ring (bicyclic) bond motifs is 5. The van der Waals surface area contributed by atoms with Crippen molar-refractivity contribution < 1.29 is 9.53 Å². The van der Waals surface area contributed by atoms with Crippen molar-refractivity contribution in [2.45, 2.75) is 98.0 Å². The molecular weight excluding hydrogens is 320 g/mol. The lowest BCUT2D eigenvalue weighted by Gasteiger charge is -2.60. The minimum Gasteiger partial charge on any atom is -0.463 e. The molecule has 7 atom stereocenters. The van der Waals surface area contributed by atoms with Crippen LogP contribution in [0.1, 0.15) is 91.9 Å². The molecular formula is C24H38O2. The molecule has 4 rings (SSSR count). The van der Waals surface area contributed by atoms with Crippen molar-refractivity contribution in [3.63, 3.8) is 0 Å². The summed E-state index contributed by atoms with van der Waals surface area (Å²) in [6.07, 6.45) is 15.8. The molecule has 2 nitrogen and oxygen atoms in total. The van der Waals surface area contributed by atoms with Crippen LogP contribution in [0.5, 0.6) is 0 Å².